The van der Waals surface area contributed by atoms with Crippen LogP contribution >= 0.6 is 0 Å². The summed E-state index contributed by atoms with van der Waals surface area (Å²) in [6.07, 6.45) is 1.51. The van der Waals surface area contributed by atoms with Gasteiger partial charge in [-0.15, -0.1) is 0 Å². The Morgan fingerprint density at radius 2 is 1.80 bits per heavy atom. The van der Waals surface area contributed by atoms with Crippen LogP contribution in [0.25, 0.3) is 21.8 Å². The lowest BCUT2D eigenvalue weighted by molar-refractivity contribution is -0.143. The Morgan fingerprint density at radius 3 is 2.52 bits per heavy atom. The second-order valence-electron chi connectivity index (χ2n) is 7.00. The maximum absolute atomic E-state index is 11.1. The summed E-state index contributed by atoms with van der Waals surface area (Å²) < 4.78 is 2.37. The average Bonchev–Trinajstić information content (AvgIpc) is 2.95. The van der Waals surface area contributed by atoms with Crippen LogP contribution in [0.1, 0.15) is 25.3 Å². The van der Waals surface area contributed by atoms with Crippen molar-refractivity contribution in [3.05, 3.63) is 48.0 Å². The van der Waals surface area contributed by atoms with Crippen LogP contribution in [-0.2, 0) is 17.9 Å². The number of piperidine rings is 1. The normalized spacial score (nSPS) is 16.7. The van der Waals surface area contributed by atoms with E-state index in [1.54, 1.807) is 0 Å². The number of fused-ring (bicyclic) bond motifs is 3. The van der Waals surface area contributed by atoms with E-state index >= 15 is 0 Å². The van der Waals surface area contributed by atoms with Gasteiger partial charge in [-0.3, -0.25) is 9.69 Å². The first kappa shape index (κ1) is 16.2. The Bertz CT molecular complexity index is 920. The zero-order valence-electron chi connectivity index (χ0n) is 14.6. The molecule has 4 heteroatoms. The number of hydrogen-bond donors (Lipinski definition) is 1. The minimum Gasteiger partial charge on any atom is -0.481 e. The fraction of sp³-hybridized carbons (Fsp3) is 0.381. The van der Waals surface area contributed by atoms with Crippen LogP contribution in [0, 0.1) is 5.92 Å². The van der Waals surface area contributed by atoms with E-state index in [4.69, 9.17) is 5.11 Å². The molecule has 4 rings (SSSR count). The maximum Gasteiger partial charge on any atom is 0.306 e. The number of aromatic nitrogens is 1. The van der Waals surface area contributed by atoms with Gasteiger partial charge in [0.2, 0.25) is 0 Å². The van der Waals surface area contributed by atoms with Crippen LogP contribution in [0.15, 0.2) is 42.5 Å². The molecule has 1 aliphatic heterocycles. The second kappa shape index (κ2) is 6.52. The van der Waals surface area contributed by atoms with Crippen molar-refractivity contribution in [1.29, 1.82) is 0 Å². The van der Waals surface area contributed by atoms with Crippen LogP contribution in [-0.4, -0.2) is 33.6 Å². The number of para-hydroxylation sites is 1. The standard InChI is InChI=1S/C21H24N2O2/c1-2-23-19-6-4-3-5-17(19)18-13-15(7-8-20(18)23)14-22-11-9-16(10-12-22)21(24)25/h3-8,13,16H,2,9-12,14H2,1H3,(H,24,25). The summed E-state index contributed by atoms with van der Waals surface area (Å²) in [6.45, 7) is 5.78. The minimum absolute atomic E-state index is 0.166. The van der Waals surface area contributed by atoms with E-state index in [1.807, 2.05) is 0 Å². The highest BCUT2D eigenvalue weighted by Crippen LogP contribution is 2.30. The molecule has 0 saturated carbocycles. The lowest BCUT2D eigenvalue weighted by Crippen LogP contribution is -2.35. The quantitative estimate of drug-likeness (QED) is 0.780. The topological polar surface area (TPSA) is 45.5 Å². The minimum atomic E-state index is -0.645. The Kier molecular flexibility index (Phi) is 4.22. The molecule has 0 bridgehead atoms. The molecule has 0 amide bonds. The third-order valence-electron chi connectivity index (χ3n) is 5.50. The molecule has 0 spiro atoms. The first-order chi connectivity index (χ1) is 12.2. The Morgan fingerprint density at radius 1 is 1.08 bits per heavy atom. The number of nitrogens with zero attached hydrogens (tertiary/aromatic N) is 2. The van der Waals surface area contributed by atoms with Crippen molar-refractivity contribution in [2.75, 3.05) is 13.1 Å². The van der Waals surface area contributed by atoms with Crippen LogP contribution in [0.2, 0.25) is 0 Å². The van der Waals surface area contributed by atoms with Crippen LogP contribution in [0.4, 0.5) is 0 Å². The van der Waals surface area contributed by atoms with Crippen molar-refractivity contribution in [3.8, 4) is 0 Å². The van der Waals surface area contributed by atoms with Gasteiger partial charge in [-0.05, 0) is 56.6 Å². The van der Waals surface area contributed by atoms with Gasteiger partial charge in [0.1, 0.15) is 0 Å². The van der Waals surface area contributed by atoms with E-state index in [9.17, 15) is 4.79 Å². The predicted molar refractivity (Wildman–Crippen MR) is 101 cm³/mol. The van der Waals surface area contributed by atoms with E-state index in [2.05, 4.69) is 58.9 Å². The number of aryl methyl sites for hydroxylation is 1. The summed E-state index contributed by atoms with van der Waals surface area (Å²) in [4.78, 5) is 13.5. The van der Waals surface area contributed by atoms with Crippen molar-refractivity contribution in [2.24, 2.45) is 5.92 Å². The Balaban J connectivity index is 1.62. The third-order valence-corrected chi connectivity index (χ3v) is 5.50. The van der Waals surface area contributed by atoms with Crippen molar-refractivity contribution in [3.63, 3.8) is 0 Å². The molecule has 1 saturated heterocycles. The van der Waals surface area contributed by atoms with Gasteiger partial charge in [-0.2, -0.15) is 0 Å². The molecule has 4 nitrogen and oxygen atoms in total. The molecule has 1 aliphatic rings. The molecule has 3 aromatic rings. The van der Waals surface area contributed by atoms with Gasteiger partial charge in [0.05, 0.1) is 5.92 Å². The van der Waals surface area contributed by atoms with Gasteiger partial charge in [-0.1, -0.05) is 24.3 Å². The van der Waals surface area contributed by atoms with Gasteiger partial charge >= 0.3 is 5.97 Å². The van der Waals surface area contributed by atoms with E-state index < -0.39 is 5.97 Å². The van der Waals surface area contributed by atoms with Crippen molar-refractivity contribution in [2.45, 2.75) is 32.9 Å². The lowest BCUT2D eigenvalue weighted by atomic mass is 9.96. The first-order valence-electron chi connectivity index (χ1n) is 9.12. The number of aliphatic carboxylic acids is 1. The second-order valence-corrected chi connectivity index (χ2v) is 7.00. The highest BCUT2D eigenvalue weighted by atomic mass is 16.4. The molecular weight excluding hydrogens is 312 g/mol. The molecule has 1 aromatic heterocycles. The average molecular weight is 336 g/mol. The molecule has 0 unspecified atom stereocenters. The summed E-state index contributed by atoms with van der Waals surface area (Å²) >= 11 is 0. The molecule has 1 N–H and O–H groups in total. The summed E-state index contributed by atoms with van der Waals surface area (Å²) in [5, 5.41) is 11.8. The zero-order valence-corrected chi connectivity index (χ0v) is 14.6. The van der Waals surface area contributed by atoms with Crippen molar-refractivity contribution < 1.29 is 9.90 Å². The van der Waals surface area contributed by atoms with Gasteiger partial charge < -0.3 is 9.67 Å². The van der Waals surface area contributed by atoms with E-state index in [-0.39, 0.29) is 5.92 Å². The molecule has 0 radical (unpaired) electrons. The number of benzene rings is 2. The van der Waals surface area contributed by atoms with Gasteiger partial charge in [0, 0.05) is 34.9 Å². The van der Waals surface area contributed by atoms with Crippen LogP contribution < -0.4 is 0 Å². The molecule has 0 aliphatic carbocycles. The lowest BCUT2D eigenvalue weighted by Gasteiger charge is -2.30. The predicted octanol–water partition coefficient (Wildman–Crippen LogP) is 4.11. The number of rotatable bonds is 4. The fourth-order valence-electron chi connectivity index (χ4n) is 4.14. The van der Waals surface area contributed by atoms with Crippen molar-refractivity contribution >= 4 is 27.8 Å². The van der Waals surface area contributed by atoms with Gasteiger partial charge in [0.25, 0.3) is 0 Å². The fourth-order valence-corrected chi connectivity index (χ4v) is 4.14. The molecule has 25 heavy (non-hydrogen) atoms. The molecule has 2 aromatic carbocycles. The SMILES string of the molecule is CCn1c2ccccc2c2cc(CN3CCC(C(=O)O)CC3)ccc21. The Labute approximate surface area is 147 Å². The van der Waals surface area contributed by atoms with Gasteiger partial charge in [-0.25, -0.2) is 0 Å². The van der Waals surface area contributed by atoms with Crippen LogP contribution in [0.3, 0.4) is 0 Å². The number of carboxylic acid groups (broad SMARTS) is 1. The maximum atomic E-state index is 11.1. The van der Waals surface area contributed by atoms with E-state index in [0.717, 1.165) is 39.0 Å². The third kappa shape index (κ3) is 2.91. The first-order valence-corrected chi connectivity index (χ1v) is 9.12. The van der Waals surface area contributed by atoms with Gasteiger partial charge in [0.15, 0.2) is 0 Å². The monoisotopic (exact) mass is 336 g/mol. The smallest absolute Gasteiger partial charge is 0.306 e. The summed E-state index contributed by atoms with van der Waals surface area (Å²) in [5.74, 6) is -0.810. The van der Waals surface area contributed by atoms with E-state index in [1.165, 1.54) is 27.4 Å². The number of hydrogen-bond acceptors (Lipinski definition) is 2. The summed E-state index contributed by atoms with van der Waals surface area (Å²) in [5.41, 5.74) is 3.89. The highest BCUT2D eigenvalue weighted by molar-refractivity contribution is 6.08. The molecule has 2 heterocycles. The molecule has 130 valence electrons. The zero-order chi connectivity index (χ0) is 17.4. The molecule has 0 atom stereocenters. The summed E-state index contributed by atoms with van der Waals surface area (Å²) in [6, 6.07) is 15.4. The summed E-state index contributed by atoms with van der Waals surface area (Å²) in [7, 11) is 0. The number of likely N-dealkylation sites (tertiary alicyclic amines) is 1. The molecule has 1 fully saturated rings. The van der Waals surface area contributed by atoms with Crippen molar-refractivity contribution in [1.82, 2.24) is 9.47 Å². The number of carbonyl (C=O) groups is 1. The van der Waals surface area contributed by atoms with E-state index in [0.29, 0.717) is 0 Å². The molecular formula is C21H24N2O2. The Hall–Kier alpha value is -2.33. The van der Waals surface area contributed by atoms with Crippen LogP contribution in [0.5, 0.6) is 0 Å². The number of carboxylic acids is 1. The highest BCUT2D eigenvalue weighted by Gasteiger charge is 2.24. The largest absolute Gasteiger partial charge is 0.481 e.